The number of hydrogen-bond donors (Lipinski definition) is 2. The van der Waals surface area contributed by atoms with Crippen LogP contribution in [-0.4, -0.2) is 29.6 Å². The van der Waals surface area contributed by atoms with Crippen molar-refractivity contribution in [2.75, 3.05) is 6.54 Å². The zero-order valence-corrected chi connectivity index (χ0v) is 12.9. The molecule has 1 aromatic heterocycles. The molecule has 3 atom stereocenters. The molecule has 5 nitrogen and oxygen atoms in total. The van der Waals surface area contributed by atoms with Crippen molar-refractivity contribution < 1.29 is 9.53 Å². The van der Waals surface area contributed by atoms with Crippen molar-refractivity contribution in [3.05, 3.63) is 66.0 Å². The third kappa shape index (κ3) is 3.75. The molecular formula is C18H21N3O2. The molecule has 1 amide bonds. The Morgan fingerprint density at radius 1 is 1.22 bits per heavy atom. The molecule has 0 aliphatic carbocycles. The molecule has 3 rings (SSSR count). The van der Waals surface area contributed by atoms with Crippen molar-refractivity contribution in [2.24, 2.45) is 5.73 Å². The Morgan fingerprint density at radius 2 is 2.00 bits per heavy atom. The van der Waals surface area contributed by atoms with Crippen LogP contribution < -0.4 is 11.1 Å². The molecular weight excluding hydrogens is 290 g/mol. The zero-order valence-electron chi connectivity index (χ0n) is 12.9. The van der Waals surface area contributed by atoms with Gasteiger partial charge in [0.1, 0.15) is 6.10 Å². The van der Waals surface area contributed by atoms with Crippen molar-refractivity contribution in [1.82, 2.24) is 10.3 Å². The Morgan fingerprint density at radius 3 is 2.65 bits per heavy atom. The minimum absolute atomic E-state index is 0.0178. The largest absolute Gasteiger partial charge is 0.364 e. The van der Waals surface area contributed by atoms with Crippen LogP contribution in [0.1, 0.15) is 30.1 Å². The lowest BCUT2D eigenvalue weighted by molar-refractivity contribution is -0.132. The van der Waals surface area contributed by atoms with E-state index in [1.807, 2.05) is 48.5 Å². The summed E-state index contributed by atoms with van der Waals surface area (Å²) in [5, 5.41) is 3.07. The maximum absolute atomic E-state index is 12.6. The second-order valence-electron chi connectivity index (χ2n) is 5.67. The normalized spacial score (nSPS) is 21.8. The van der Waals surface area contributed by atoms with E-state index in [-0.39, 0.29) is 18.1 Å². The summed E-state index contributed by atoms with van der Waals surface area (Å²) in [5.41, 5.74) is 7.41. The van der Waals surface area contributed by atoms with Gasteiger partial charge in [-0.25, -0.2) is 0 Å². The van der Waals surface area contributed by atoms with E-state index in [1.54, 1.807) is 6.20 Å². The van der Waals surface area contributed by atoms with Crippen LogP contribution in [0.3, 0.4) is 0 Å². The number of hydrogen-bond acceptors (Lipinski definition) is 4. The van der Waals surface area contributed by atoms with E-state index in [9.17, 15) is 4.79 Å². The highest BCUT2D eigenvalue weighted by atomic mass is 16.5. The molecule has 3 N–H and O–H groups in total. The number of nitrogens with zero attached hydrogens (tertiary/aromatic N) is 1. The Bertz CT molecular complexity index is 594. The fourth-order valence-electron chi connectivity index (χ4n) is 2.83. The minimum Gasteiger partial charge on any atom is -0.364 e. The summed E-state index contributed by atoms with van der Waals surface area (Å²) in [6.45, 7) is 0.451. The lowest BCUT2D eigenvalue weighted by Crippen LogP contribution is -2.38. The highest BCUT2D eigenvalue weighted by molar-refractivity contribution is 5.81. The molecule has 0 saturated carbocycles. The van der Waals surface area contributed by atoms with Crippen molar-refractivity contribution in [2.45, 2.75) is 31.1 Å². The van der Waals surface area contributed by atoms with Crippen molar-refractivity contribution in [3.63, 3.8) is 0 Å². The van der Waals surface area contributed by atoms with Gasteiger partial charge in [-0.05, 0) is 30.5 Å². The van der Waals surface area contributed by atoms with Gasteiger partial charge in [0.2, 0.25) is 5.91 Å². The van der Waals surface area contributed by atoms with E-state index in [2.05, 4.69) is 10.3 Å². The summed E-state index contributed by atoms with van der Waals surface area (Å²) in [6.07, 6.45) is 2.81. The molecule has 0 bridgehead atoms. The first-order valence-electron chi connectivity index (χ1n) is 7.89. The number of aromatic nitrogens is 1. The quantitative estimate of drug-likeness (QED) is 0.882. The number of benzene rings is 1. The van der Waals surface area contributed by atoms with Crippen LogP contribution in [-0.2, 0) is 9.53 Å². The lowest BCUT2D eigenvalue weighted by Gasteiger charge is -2.21. The smallest absolute Gasteiger partial charge is 0.249 e. The predicted molar refractivity (Wildman–Crippen MR) is 87.6 cm³/mol. The SMILES string of the molecule is NC[C@H]1CC[C@@H](C(=O)NC(c2ccccc2)c2ccccn2)O1. The van der Waals surface area contributed by atoms with E-state index in [0.29, 0.717) is 13.0 Å². The van der Waals surface area contributed by atoms with Crippen molar-refractivity contribution in [1.29, 1.82) is 0 Å². The molecule has 1 unspecified atom stereocenters. The van der Waals surface area contributed by atoms with E-state index in [1.165, 1.54) is 0 Å². The van der Waals surface area contributed by atoms with Gasteiger partial charge in [0.15, 0.2) is 0 Å². The average molecular weight is 311 g/mol. The van der Waals surface area contributed by atoms with Crippen LogP contribution in [0.5, 0.6) is 0 Å². The number of nitrogens with two attached hydrogens (primary N) is 1. The standard InChI is InChI=1S/C18H21N3O2/c19-12-14-9-10-16(23-14)18(22)21-17(13-6-2-1-3-7-13)15-8-4-5-11-20-15/h1-8,11,14,16-17H,9-10,12,19H2,(H,21,22)/t14-,16+,17?/m1/s1. The Hall–Kier alpha value is -2.24. The van der Waals surface area contributed by atoms with Gasteiger partial charge in [-0.15, -0.1) is 0 Å². The molecule has 1 aromatic carbocycles. The molecule has 23 heavy (non-hydrogen) atoms. The Balaban J connectivity index is 1.78. The summed E-state index contributed by atoms with van der Waals surface area (Å²) < 4.78 is 5.69. The Labute approximate surface area is 135 Å². The van der Waals surface area contributed by atoms with Crippen LogP contribution in [0, 0.1) is 0 Å². The topological polar surface area (TPSA) is 77.2 Å². The molecule has 2 aromatic rings. The summed E-state index contributed by atoms with van der Waals surface area (Å²) in [4.78, 5) is 16.9. The number of carbonyl (C=O) groups is 1. The van der Waals surface area contributed by atoms with Crippen LogP contribution in [0.2, 0.25) is 0 Å². The van der Waals surface area contributed by atoms with Gasteiger partial charge < -0.3 is 15.8 Å². The number of carbonyl (C=O) groups excluding carboxylic acids is 1. The average Bonchev–Trinajstić information content (AvgIpc) is 3.10. The molecule has 0 spiro atoms. The zero-order chi connectivity index (χ0) is 16.1. The fraction of sp³-hybridized carbons (Fsp3) is 0.333. The molecule has 1 saturated heterocycles. The maximum Gasteiger partial charge on any atom is 0.249 e. The monoisotopic (exact) mass is 311 g/mol. The van der Waals surface area contributed by atoms with E-state index in [0.717, 1.165) is 17.7 Å². The summed E-state index contributed by atoms with van der Waals surface area (Å²) in [7, 11) is 0. The fourth-order valence-corrected chi connectivity index (χ4v) is 2.83. The van der Waals surface area contributed by atoms with Gasteiger partial charge in [0.05, 0.1) is 17.8 Å². The number of ether oxygens (including phenoxy) is 1. The summed E-state index contributed by atoms with van der Waals surface area (Å²) in [5.74, 6) is -0.111. The van der Waals surface area contributed by atoms with Crippen molar-refractivity contribution >= 4 is 5.91 Å². The first-order valence-corrected chi connectivity index (χ1v) is 7.89. The number of rotatable bonds is 5. The minimum atomic E-state index is -0.432. The summed E-state index contributed by atoms with van der Waals surface area (Å²) >= 11 is 0. The van der Waals surface area contributed by atoms with Gasteiger partial charge in [-0.3, -0.25) is 9.78 Å². The highest BCUT2D eigenvalue weighted by Crippen LogP contribution is 2.23. The highest BCUT2D eigenvalue weighted by Gasteiger charge is 2.31. The van der Waals surface area contributed by atoms with Crippen LogP contribution in [0.15, 0.2) is 54.7 Å². The molecule has 120 valence electrons. The third-order valence-electron chi connectivity index (χ3n) is 4.07. The van der Waals surface area contributed by atoms with E-state index >= 15 is 0 Å². The molecule has 1 fully saturated rings. The second kappa shape index (κ2) is 7.35. The number of amides is 1. The molecule has 2 heterocycles. The molecule has 5 heteroatoms. The van der Waals surface area contributed by atoms with Gasteiger partial charge >= 0.3 is 0 Å². The van der Waals surface area contributed by atoms with Crippen LogP contribution in [0.25, 0.3) is 0 Å². The van der Waals surface area contributed by atoms with Gasteiger partial charge in [-0.2, -0.15) is 0 Å². The Kier molecular flexibility index (Phi) is 5.00. The first kappa shape index (κ1) is 15.6. The first-order chi connectivity index (χ1) is 11.3. The number of pyridine rings is 1. The van der Waals surface area contributed by atoms with Crippen LogP contribution in [0.4, 0.5) is 0 Å². The van der Waals surface area contributed by atoms with E-state index in [4.69, 9.17) is 10.5 Å². The van der Waals surface area contributed by atoms with Gasteiger partial charge in [0, 0.05) is 12.7 Å². The summed E-state index contributed by atoms with van der Waals surface area (Å²) in [6, 6.07) is 15.2. The molecule has 1 aliphatic rings. The van der Waals surface area contributed by atoms with Crippen molar-refractivity contribution in [3.8, 4) is 0 Å². The van der Waals surface area contributed by atoms with Gasteiger partial charge in [0.25, 0.3) is 0 Å². The second-order valence-corrected chi connectivity index (χ2v) is 5.67. The van der Waals surface area contributed by atoms with Gasteiger partial charge in [-0.1, -0.05) is 36.4 Å². The van der Waals surface area contributed by atoms with Crippen LogP contribution >= 0.6 is 0 Å². The molecule has 1 aliphatic heterocycles. The lowest BCUT2D eigenvalue weighted by atomic mass is 10.0. The predicted octanol–water partition coefficient (Wildman–Crippen LogP) is 1.79. The van der Waals surface area contributed by atoms with E-state index < -0.39 is 6.10 Å². The maximum atomic E-state index is 12.6. The third-order valence-corrected chi connectivity index (χ3v) is 4.07. The molecule has 0 radical (unpaired) electrons. The number of nitrogens with one attached hydrogen (secondary N) is 1.